The molecule has 0 saturated heterocycles. The van der Waals surface area contributed by atoms with Gasteiger partial charge in [0.25, 0.3) is 10.1 Å². The fraction of sp³-hybridized carbons (Fsp3) is 0.294. The number of nitro groups is 1. The van der Waals surface area contributed by atoms with Crippen molar-refractivity contribution in [1.82, 2.24) is 0 Å². The Labute approximate surface area is 155 Å². The van der Waals surface area contributed by atoms with Crippen LogP contribution in [0.1, 0.15) is 23.0 Å². The van der Waals surface area contributed by atoms with E-state index in [9.17, 15) is 18.5 Å². The second-order valence-electron chi connectivity index (χ2n) is 6.04. The maximum Gasteiger partial charge on any atom is 0.264 e. The van der Waals surface area contributed by atoms with Crippen LogP contribution in [0.5, 0.6) is 11.5 Å². The molecule has 2 aromatic rings. The zero-order chi connectivity index (χ0) is 18.9. The lowest BCUT2D eigenvalue weighted by Gasteiger charge is -2.23. The van der Waals surface area contributed by atoms with Gasteiger partial charge in [-0.15, -0.1) is 0 Å². The first-order valence-electron chi connectivity index (χ1n) is 7.77. The van der Waals surface area contributed by atoms with Gasteiger partial charge in [-0.2, -0.15) is 8.42 Å². The number of fused-ring (bicyclic) bond motifs is 2. The first kappa shape index (κ1) is 18.6. The minimum absolute atomic E-state index is 0.248. The number of hydrogen-bond donors (Lipinski definition) is 0. The summed E-state index contributed by atoms with van der Waals surface area (Å²) in [5.74, 6) is -0.297. The maximum atomic E-state index is 11.5. The van der Waals surface area contributed by atoms with Crippen LogP contribution in [0.15, 0.2) is 42.5 Å². The number of benzene rings is 2. The van der Waals surface area contributed by atoms with Crippen LogP contribution < -0.4 is 4.74 Å². The molecular weight excluding hydrogens is 382 g/mol. The molecule has 0 amide bonds. The highest BCUT2D eigenvalue weighted by Gasteiger charge is 2.36. The molecule has 3 rings (SSSR count). The first-order chi connectivity index (χ1) is 12.2. The molecule has 2 aromatic carbocycles. The quantitative estimate of drug-likeness (QED) is 0.434. The van der Waals surface area contributed by atoms with Gasteiger partial charge < -0.3 is 4.74 Å². The van der Waals surface area contributed by atoms with Crippen LogP contribution >= 0.6 is 11.6 Å². The van der Waals surface area contributed by atoms with Crippen LogP contribution in [0.4, 0.5) is 0 Å². The van der Waals surface area contributed by atoms with E-state index in [4.69, 9.17) is 20.5 Å². The predicted molar refractivity (Wildman–Crippen MR) is 96.1 cm³/mol. The molecule has 0 radical (unpaired) electrons. The number of hydrogen-bond acceptors (Lipinski definition) is 6. The monoisotopic (exact) mass is 397 g/mol. The van der Waals surface area contributed by atoms with Gasteiger partial charge in [0.2, 0.25) is 6.54 Å². The summed E-state index contributed by atoms with van der Waals surface area (Å²) >= 11 is 6.10. The van der Waals surface area contributed by atoms with E-state index in [1.54, 1.807) is 42.5 Å². The van der Waals surface area contributed by atoms with E-state index < -0.39 is 33.4 Å². The van der Waals surface area contributed by atoms with E-state index >= 15 is 0 Å². The second kappa shape index (κ2) is 7.22. The number of ether oxygens (including phenoxy) is 1. The lowest BCUT2D eigenvalue weighted by atomic mass is 9.82. The van der Waals surface area contributed by atoms with Gasteiger partial charge in [-0.1, -0.05) is 29.8 Å². The Kier molecular flexibility index (Phi) is 5.17. The van der Waals surface area contributed by atoms with Crippen LogP contribution in [0.2, 0.25) is 5.02 Å². The molecular formula is C17H16ClNO6S. The Hall–Kier alpha value is -2.16. The summed E-state index contributed by atoms with van der Waals surface area (Å²) in [7, 11) is -3.72. The molecule has 1 aliphatic rings. The molecule has 0 spiro atoms. The summed E-state index contributed by atoms with van der Waals surface area (Å²) in [6, 6.07) is 11.9. The van der Waals surface area contributed by atoms with E-state index in [-0.39, 0.29) is 6.61 Å². The summed E-state index contributed by atoms with van der Waals surface area (Å²) in [6.45, 7) is -0.646. The zero-order valence-corrected chi connectivity index (χ0v) is 15.4. The topological polar surface area (TPSA) is 95.7 Å². The Morgan fingerprint density at radius 2 is 1.85 bits per heavy atom. The first-order valence-corrected chi connectivity index (χ1v) is 9.96. The van der Waals surface area contributed by atoms with Crippen LogP contribution in [0, 0.1) is 10.1 Å². The van der Waals surface area contributed by atoms with Crippen molar-refractivity contribution in [1.29, 1.82) is 0 Å². The summed E-state index contributed by atoms with van der Waals surface area (Å²) in [4.78, 5) is 10.9. The number of rotatable bonds is 5. The van der Waals surface area contributed by atoms with Gasteiger partial charge in [-0.25, -0.2) is 0 Å². The zero-order valence-electron chi connectivity index (χ0n) is 13.8. The summed E-state index contributed by atoms with van der Waals surface area (Å²) in [5.41, 5.74) is 1.20. The lowest BCUT2D eigenvalue weighted by molar-refractivity contribution is -0.484. The van der Waals surface area contributed by atoms with Crippen molar-refractivity contribution in [3.63, 3.8) is 0 Å². The van der Waals surface area contributed by atoms with Crippen molar-refractivity contribution >= 4 is 21.7 Å². The van der Waals surface area contributed by atoms with E-state index in [0.29, 0.717) is 27.6 Å². The molecule has 26 heavy (non-hydrogen) atoms. The lowest BCUT2D eigenvalue weighted by Crippen LogP contribution is -2.24. The maximum absolute atomic E-state index is 11.5. The molecule has 9 heteroatoms. The van der Waals surface area contributed by atoms with Crippen molar-refractivity contribution in [2.45, 2.75) is 11.8 Å². The summed E-state index contributed by atoms with van der Waals surface area (Å²) in [6.07, 6.45) is 0.940. The highest BCUT2D eigenvalue weighted by atomic mass is 35.5. The molecule has 0 aliphatic carbocycles. The Morgan fingerprint density at radius 1 is 1.15 bits per heavy atom. The van der Waals surface area contributed by atoms with E-state index in [2.05, 4.69) is 0 Å². The van der Waals surface area contributed by atoms with E-state index in [0.717, 1.165) is 6.26 Å². The summed E-state index contributed by atoms with van der Waals surface area (Å²) < 4.78 is 33.9. The molecule has 0 fully saturated rings. The smallest absolute Gasteiger partial charge is 0.264 e. The Morgan fingerprint density at radius 3 is 2.54 bits per heavy atom. The molecule has 1 heterocycles. The van der Waals surface area contributed by atoms with Crippen molar-refractivity contribution in [3.05, 3.63) is 68.7 Å². The van der Waals surface area contributed by atoms with Crippen molar-refractivity contribution in [3.8, 4) is 11.5 Å². The third-order valence-corrected chi connectivity index (χ3v) is 5.00. The molecule has 0 N–H and O–H groups in total. The van der Waals surface area contributed by atoms with Gasteiger partial charge in [0.15, 0.2) is 0 Å². The van der Waals surface area contributed by atoms with Crippen LogP contribution in [0.25, 0.3) is 0 Å². The standard InChI is InChI=1S/C17H16ClNO6S/c1-26(22,23)24-10-15-13-8-11(18)6-7-17(13)25-16-5-3-2-4-12(16)14(15)9-19(20)21/h2-8,14-15H,9-10H2,1H3/t14-,15-/m1/s1. The van der Waals surface area contributed by atoms with Crippen molar-refractivity contribution in [2.75, 3.05) is 19.4 Å². The van der Waals surface area contributed by atoms with E-state index in [1.807, 2.05) is 0 Å². The molecule has 0 unspecified atom stereocenters. The van der Waals surface area contributed by atoms with Gasteiger partial charge in [0, 0.05) is 27.0 Å². The largest absolute Gasteiger partial charge is 0.457 e. The molecule has 0 saturated carbocycles. The average Bonchev–Trinajstić information content (AvgIpc) is 2.67. The number of halogens is 1. The highest BCUT2D eigenvalue weighted by molar-refractivity contribution is 7.85. The minimum Gasteiger partial charge on any atom is -0.457 e. The van der Waals surface area contributed by atoms with Gasteiger partial charge in [-0.05, 0) is 24.3 Å². The molecule has 0 aromatic heterocycles. The molecule has 0 bridgehead atoms. The third-order valence-electron chi connectivity index (χ3n) is 4.20. The van der Waals surface area contributed by atoms with Crippen LogP contribution in [0.3, 0.4) is 0 Å². The van der Waals surface area contributed by atoms with Gasteiger partial charge in [0.05, 0.1) is 18.8 Å². The van der Waals surface area contributed by atoms with Crippen LogP contribution in [-0.4, -0.2) is 32.7 Å². The number of para-hydroxylation sites is 1. The Bertz CT molecular complexity index is 946. The van der Waals surface area contributed by atoms with E-state index in [1.165, 1.54) is 0 Å². The second-order valence-corrected chi connectivity index (χ2v) is 8.12. The highest BCUT2D eigenvalue weighted by Crippen LogP contribution is 2.47. The average molecular weight is 398 g/mol. The van der Waals surface area contributed by atoms with Crippen molar-refractivity contribution in [2.24, 2.45) is 0 Å². The number of nitrogens with zero attached hydrogens (tertiary/aromatic N) is 1. The normalized spacial score (nSPS) is 19.0. The molecule has 2 atom stereocenters. The summed E-state index contributed by atoms with van der Waals surface area (Å²) in [5, 5.41) is 11.7. The van der Waals surface area contributed by atoms with Gasteiger partial charge in [0.1, 0.15) is 11.5 Å². The van der Waals surface area contributed by atoms with Crippen molar-refractivity contribution < 1.29 is 22.3 Å². The molecule has 7 nitrogen and oxygen atoms in total. The van der Waals surface area contributed by atoms with Crippen LogP contribution in [-0.2, 0) is 14.3 Å². The minimum atomic E-state index is -3.72. The molecule has 1 aliphatic heterocycles. The SMILES string of the molecule is CS(=O)(=O)OC[C@@H]1c2cc(Cl)ccc2Oc2ccccc2[C@H]1C[N+](=O)[O-]. The Balaban J connectivity index is 2.16. The van der Waals surface area contributed by atoms with Gasteiger partial charge >= 0.3 is 0 Å². The fourth-order valence-electron chi connectivity index (χ4n) is 3.12. The predicted octanol–water partition coefficient (Wildman–Crippen LogP) is 3.57. The fourth-order valence-corrected chi connectivity index (χ4v) is 3.70. The third kappa shape index (κ3) is 4.14. The van der Waals surface area contributed by atoms with Gasteiger partial charge in [-0.3, -0.25) is 14.3 Å². The molecule has 138 valence electrons.